The van der Waals surface area contributed by atoms with Gasteiger partial charge in [0, 0.05) is 18.8 Å². The van der Waals surface area contributed by atoms with Crippen molar-refractivity contribution in [1.82, 2.24) is 25.2 Å². The van der Waals surface area contributed by atoms with Gasteiger partial charge in [-0.05, 0) is 51.4 Å². The van der Waals surface area contributed by atoms with Crippen LogP contribution in [0.5, 0.6) is 0 Å². The molecule has 0 radical (unpaired) electrons. The van der Waals surface area contributed by atoms with Gasteiger partial charge < -0.3 is 15.1 Å². The Kier molecular flexibility index (Phi) is 5.38. The summed E-state index contributed by atoms with van der Waals surface area (Å²) in [6, 6.07) is 9.41. The third-order valence-electron chi connectivity index (χ3n) is 5.64. The van der Waals surface area contributed by atoms with E-state index in [2.05, 4.69) is 15.6 Å². The third-order valence-corrected chi connectivity index (χ3v) is 5.64. The van der Waals surface area contributed by atoms with Crippen LogP contribution in [0.4, 0.5) is 5.69 Å². The molecule has 1 unspecified atom stereocenters. The molecule has 1 atom stereocenters. The molecule has 8 heteroatoms. The van der Waals surface area contributed by atoms with Gasteiger partial charge in [0.1, 0.15) is 6.04 Å². The molecule has 0 saturated carbocycles. The number of likely N-dealkylation sites (N-methyl/N-ethyl adjacent to an activating group) is 1. The smallest absolute Gasteiger partial charge is 0.276 e. The van der Waals surface area contributed by atoms with Crippen molar-refractivity contribution in [1.29, 1.82) is 0 Å². The predicted molar refractivity (Wildman–Crippen MR) is 105 cm³/mol. The van der Waals surface area contributed by atoms with Crippen molar-refractivity contribution in [3.05, 3.63) is 42.2 Å². The Morgan fingerprint density at radius 1 is 1.21 bits per heavy atom. The average Bonchev–Trinajstić information content (AvgIpc) is 3.38. The number of anilines is 1. The second-order valence-corrected chi connectivity index (χ2v) is 7.29. The molecule has 2 saturated heterocycles. The van der Waals surface area contributed by atoms with Crippen molar-refractivity contribution in [3.63, 3.8) is 0 Å². The molecule has 2 aromatic rings. The Labute approximate surface area is 164 Å². The lowest BCUT2D eigenvalue weighted by Gasteiger charge is -2.26. The first-order valence-corrected chi connectivity index (χ1v) is 9.99. The molecule has 1 N–H and O–H groups in total. The highest BCUT2D eigenvalue weighted by Gasteiger charge is 2.39. The van der Waals surface area contributed by atoms with Crippen molar-refractivity contribution >= 4 is 17.5 Å². The van der Waals surface area contributed by atoms with E-state index < -0.39 is 6.04 Å². The number of carbonyl (C=O) groups excluding carboxylic acids is 2. The Morgan fingerprint density at radius 2 is 1.96 bits per heavy atom. The summed E-state index contributed by atoms with van der Waals surface area (Å²) >= 11 is 0. The number of rotatable bonds is 5. The lowest BCUT2D eigenvalue weighted by molar-refractivity contribution is -0.120. The molecule has 0 aliphatic carbocycles. The van der Waals surface area contributed by atoms with Gasteiger partial charge in [-0.25, -0.2) is 4.68 Å². The van der Waals surface area contributed by atoms with Crippen LogP contribution in [-0.2, 0) is 4.79 Å². The minimum Gasteiger partial charge on any atom is -0.325 e. The summed E-state index contributed by atoms with van der Waals surface area (Å²) in [4.78, 5) is 29.4. The van der Waals surface area contributed by atoms with E-state index in [4.69, 9.17) is 0 Å². The molecule has 0 bridgehead atoms. The van der Waals surface area contributed by atoms with Crippen molar-refractivity contribution in [2.75, 3.05) is 31.1 Å². The van der Waals surface area contributed by atoms with E-state index in [0.29, 0.717) is 25.2 Å². The zero-order chi connectivity index (χ0) is 19.5. The Hall–Kier alpha value is -2.74. The molecule has 2 aliphatic rings. The minimum absolute atomic E-state index is 0.0350. The maximum absolute atomic E-state index is 13.1. The maximum atomic E-state index is 13.1. The monoisotopic (exact) mass is 382 g/mol. The van der Waals surface area contributed by atoms with Gasteiger partial charge in [-0.2, -0.15) is 0 Å². The first-order chi connectivity index (χ1) is 13.7. The van der Waals surface area contributed by atoms with Crippen LogP contribution in [0.25, 0.3) is 0 Å². The Bertz CT molecular complexity index is 830. The van der Waals surface area contributed by atoms with E-state index >= 15 is 0 Å². The van der Waals surface area contributed by atoms with Crippen LogP contribution in [0.1, 0.15) is 42.7 Å². The molecule has 1 aromatic carbocycles. The van der Waals surface area contributed by atoms with Crippen LogP contribution < -0.4 is 10.2 Å². The number of nitrogens with zero attached hydrogens (tertiary/aromatic N) is 5. The number of carbonyl (C=O) groups is 2. The van der Waals surface area contributed by atoms with Crippen LogP contribution in [0.3, 0.4) is 0 Å². The number of aromatic nitrogens is 3. The maximum Gasteiger partial charge on any atom is 0.276 e. The average molecular weight is 382 g/mol. The highest BCUT2D eigenvalue weighted by Crippen LogP contribution is 2.25. The normalized spacial score (nSPS) is 20.5. The van der Waals surface area contributed by atoms with Crippen LogP contribution in [0.2, 0.25) is 0 Å². The molecule has 3 heterocycles. The van der Waals surface area contributed by atoms with Crippen LogP contribution >= 0.6 is 0 Å². The van der Waals surface area contributed by atoms with Crippen molar-refractivity contribution in [2.24, 2.45) is 0 Å². The summed E-state index contributed by atoms with van der Waals surface area (Å²) < 4.78 is 1.80. The Morgan fingerprint density at radius 3 is 2.68 bits per heavy atom. The zero-order valence-corrected chi connectivity index (χ0v) is 16.1. The molecule has 2 amide bonds. The molecule has 148 valence electrons. The van der Waals surface area contributed by atoms with E-state index in [1.807, 2.05) is 37.3 Å². The van der Waals surface area contributed by atoms with Gasteiger partial charge in [-0.3, -0.25) is 9.59 Å². The summed E-state index contributed by atoms with van der Waals surface area (Å²) in [5, 5.41) is 11.6. The number of para-hydroxylation sites is 1. The number of hydrogen-bond donors (Lipinski definition) is 1. The first-order valence-electron chi connectivity index (χ1n) is 9.99. The standard InChI is InChI=1S/C20H26N6O2/c1-2-24(18-10-13-25(20(18)28)15-6-4-3-5-7-15)19(27)17-14-26(23-22-17)16-8-11-21-12-9-16/h3-7,14,16,18,21H,2,8-13H2,1H3. The van der Waals surface area contributed by atoms with Gasteiger partial charge >= 0.3 is 0 Å². The van der Waals surface area contributed by atoms with Gasteiger partial charge in [-0.15, -0.1) is 5.10 Å². The van der Waals surface area contributed by atoms with Crippen molar-refractivity contribution < 1.29 is 9.59 Å². The lowest BCUT2D eigenvalue weighted by atomic mass is 10.1. The Balaban J connectivity index is 1.49. The second-order valence-electron chi connectivity index (χ2n) is 7.29. The highest BCUT2D eigenvalue weighted by atomic mass is 16.2. The number of amides is 2. The first kappa shape index (κ1) is 18.6. The van der Waals surface area contributed by atoms with Crippen molar-refractivity contribution in [2.45, 2.75) is 38.3 Å². The van der Waals surface area contributed by atoms with Crippen LogP contribution in [-0.4, -0.2) is 63.9 Å². The van der Waals surface area contributed by atoms with Crippen molar-refractivity contribution in [3.8, 4) is 0 Å². The largest absolute Gasteiger partial charge is 0.325 e. The molecular formula is C20H26N6O2. The van der Waals surface area contributed by atoms with Gasteiger partial charge in [0.25, 0.3) is 5.91 Å². The second kappa shape index (κ2) is 8.10. The summed E-state index contributed by atoms with van der Waals surface area (Å²) in [7, 11) is 0. The molecule has 28 heavy (non-hydrogen) atoms. The summed E-state index contributed by atoms with van der Waals surface area (Å²) in [5.74, 6) is -0.261. The summed E-state index contributed by atoms with van der Waals surface area (Å²) in [5.41, 5.74) is 1.18. The van der Waals surface area contributed by atoms with Crippen LogP contribution in [0, 0.1) is 0 Å². The fraction of sp³-hybridized carbons (Fsp3) is 0.500. The van der Waals surface area contributed by atoms with E-state index in [1.165, 1.54) is 0 Å². The van der Waals surface area contributed by atoms with E-state index in [0.717, 1.165) is 31.6 Å². The quantitative estimate of drug-likeness (QED) is 0.847. The molecule has 2 aliphatic heterocycles. The number of hydrogen-bond acceptors (Lipinski definition) is 5. The van der Waals surface area contributed by atoms with Gasteiger partial charge in [-0.1, -0.05) is 23.4 Å². The molecule has 0 spiro atoms. The zero-order valence-electron chi connectivity index (χ0n) is 16.1. The van der Waals surface area contributed by atoms with Gasteiger partial charge in [0.05, 0.1) is 12.2 Å². The molecule has 4 rings (SSSR count). The third kappa shape index (κ3) is 3.52. The predicted octanol–water partition coefficient (Wildman–Crippen LogP) is 1.47. The molecule has 8 nitrogen and oxygen atoms in total. The van der Waals surface area contributed by atoms with Gasteiger partial charge in [0.2, 0.25) is 5.91 Å². The van der Waals surface area contributed by atoms with E-state index in [1.54, 1.807) is 20.7 Å². The topological polar surface area (TPSA) is 83.4 Å². The minimum atomic E-state index is -0.457. The highest BCUT2D eigenvalue weighted by molar-refractivity contribution is 6.03. The van der Waals surface area contributed by atoms with Gasteiger partial charge in [0.15, 0.2) is 5.69 Å². The molecule has 1 aromatic heterocycles. The lowest BCUT2D eigenvalue weighted by Crippen LogP contribution is -2.45. The summed E-state index contributed by atoms with van der Waals surface area (Å²) in [6.45, 7) is 4.85. The van der Waals surface area contributed by atoms with E-state index in [9.17, 15) is 9.59 Å². The number of benzene rings is 1. The number of piperidine rings is 1. The number of nitrogens with one attached hydrogen (secondary N) is 1. The summed E-state index contributed by atoms with van der Waals surface area (Å²) in [6.07, 6.45) is 4.30. The van der Waals surface area contributed by atoms with E-state index in [-0.39, 0.29) is 17.9 Å². The van der Waals surface area contributed by atoms with Crippen LogP contribution in [0.15, 0.2) is 36.5 Å². The SMILES string of the molecule is CCN(C(=O)c1cn(C2CCNCC2)nn1)C1CCN(c2ccccc2)C1=O. The molecule has 2 fully saturated rings. The fourth-order valence-corrected chi connectivity index (χ4v) is 4.10. The fourth-order valence-electron chi connectivity index (χ4n) is 4.10. The molecular weight excluding hydrogens is 356 g/mol.